The first-order valence-corrected chi connectivity index (χ1v) is 3.10. The van der Waals surface area contributed by atoms with E-state index in [-0.39, 0.29) is 5.91 Å². The van der Waals surface area contributed by atoms with Gasteiger partial charge in [0.15, 0.2) is 0 Å². The Balaban J connectivity index is 3.10. The van der Waals surface area contributed by atoms with Crippen molar-refractivity contribution in [1.29, 1.82) is 0 Å². The molecule has 0 fully saturated rings. The number of rotatable bonds is 1. The maximum atomic E-state index is 11.0. The summed E-state index contributed by atoms with van der Waals surface area (Å²) in [6.07, 6.45) is 0. The second-order valence-corrected chi connectivity index (χ2v) is 2.17. The Bertz CT molecular complexity index is 260. The summed E-state index contributed by atoms with van der Waals surface area (Å²) in [5, 5.41) is 3.59. The summed E-state index contributed by atoms with van der Waals surface area (Å²) in [6, 6.07) is 0. The lowest BCUT2D eigenvalue weighted by molar-refractivity contribution is 0.0951. The Morgan fingerprint density at radius 1 is 1.64 bits per heavy atom. The fourth-order valence-electron chi connectivity index (χ4n) is 0.879. The van der Waals surface area contributed by atoms with Gasteiger partial charge in [-0.3, -0.25) is 10.2 Å². The smallest absolute Gasteiger partial charge is 0.270 e. The average Bonchev–Trinajstić information content (AvgIpc) is 2.30. The molecule has 0 aliphatic carbocycles. The van der Waals surface area contributed by atoms with E-state index in [0.29, 0.717) is 17.0 Å². The molecule has 0 saturated heterocycles. The number of carbonyl (C=O) groups is 1. The van der Waals surface area contributed by atoms with Gasteiger partial charge >= 0.3 is 0 Å². The van der Waals surface area contributed by atoms with Crippen molar-refractivity contribution >= 4 is 5.91 Å². The maximum absolute atomic E-state index is 11.0. The van der Waals surface area contributed by atoms with Crippen molar-refractivity contribution in [2.24, 2.45) is 5.84 Å². The van der Waals surface area contributed by atoms with E-state index in [1.165, 1.54) is 0 Å². The van der Waals surface area contributed by atoms with Crippen molar-refractivity contribution in [1.82, 2.24) is 10.6 Å². The SMILES string of the molecule is Cc1noc(C)c1C(=O)NN. The van der Waals surface area contributed by atoms with Crippen LogP contribution in [0.25, 0.3) is 0 Å². The highest BCUT2D eigenvalue weighted by atomic mass is 16.5. The first-order valence-electron chi connectivity index (χ1n) is 3.10. The van der Waals surface area contributed by atoms with E-state index >= 15 is 0 Å². The van der Waals surface area contributed by atoms with E-state index in [1.807, 2.05) is 5.43 Å². The quantitative estimate of drug-likeness (QED) is 0.337. The van der Waals surface area contributed by atoms with Gasteiger partial charge in [-0.1, -0.05) is 5.16 Å². The molecule has 0 saturated carbocycles. The first-order chi connectivity index (χ1) is 5.16. The Hall–Kier alpha value is -1.36. The summed E-state index contributed by atoms with van der Waals surface area (Å²) >= 11 is 0. The van der Waals surface area contributed by atoms with Crippen LogP contribution in [0.15, 0.2) is 4.52 Å². The minimum absolute atomic E-state index is 0.374. The highest BCUT2D eigenvalue weighted by Crippen LogP contribution is 2.10. The highest BCUT2D eigenvalue weighted by molar-refractivity contribution is 5.95. The van der Waals surface area contributed by atoms with E-state index in [4.69, 9.17) is 10.4 Å². The molecule has 0 radical (unpaired) electrons. The predicted molar refractivity (Wildman–Crippen MR) is 37.6 cm³/mol. The van der Waals surface area contributed by atoms with E-state index in [1.54, 1.807) is 13.8 Å². The number of hydrogen-bond acceptors (Lipinski definition) is 4. The molecule has 1 aromatic rings. The molecule has 11 heavy (non-hydrogen) atoms. The molecule has 1 amide bonds. The molecule has 0 bridgehead atoms. The largest absolute Gasteiger partial charge is 0.361 e. The Labute approximate surface area is 63.5 Å². The van der Waals surface area contributed by atoms with Crippen molar-refractivity contribution in [2.45, 2.75) is 13.8 Å². The molecule has 0 aliphatic rings. The monoisotopic (exact) mass is 155 g/mol. The fraction of sp³-hybridized carbons (Fsp3) is 0.333. The number of nitrogen functional groups attached to an aromatic ring is 1. The van der Waals surface area contributed by atoms with Gasteiger partial charge in [-0.2, -0.15) is 0 Å². The van der Waals surface area contributed by atoms with Crippen LogP contribution in [0, 0.1) is 13.8 Å². The number of nitrogens with zero attached hydrogens (tertiary/aromatic N) is 1. The summed E-state index contributed by atoms with van der Waals surface area (Å²) < 4.78 is 4.75. The normalized spacial score (nSPS) is 9.73. The Kier molecular flexibility index (Phi) is 1.91. The number of hydrogen-bond donors (Lipinski definition) is 2. The van der Waals surface area contributed by atoms with Crippen LogP contribution in [-0.2, 0) is 0 Å². The second-order valence-electron chi connectivity index (χ2n) is 2.17. The molecule has 0 aromatic carbocycles. The zero-order valence-electron chi connectivity index (χ0n) is 6.34. The van der Waals surface area contributed by atoms with Gasteiger partial charge < -0.3 is 4.52 Å². The second kappa shape index (κ2) is 2.71. The number of aryl methyl sites for hydroxylation is 2. The number of nitrogens with one attached hydrogen (secondary N) is 1. The number of nitrogens with two attached hydrogens (primary N) is 1. The molecule has 3 N–H and O–H groups in total. The van der Waals surface area contributed by atoms with Crippen LogP contribution in [-0.4, -0.2) is 11.1 Å². The zero-order chi connectivity index (χ0) is 8.43. The van der Waals surface area contributed by atoms with Crippen molar-refractivity contribution in [3.8, 4) is 0 Å². The topological polar surface area (TPSA) is 81.2 Å². The Morgan fingerprint density at radius 3 is 2.64 bits per heavy atom. The number of carbonyl (C=O) groups excluding carboxylic acids is 1. The zero-order valence-corrected chi connectivity index (χ0v) is 6.34. The van der Waals surface area contributed by atoms with Gasteiger partial charge in [0.2, 0.25) is 0 Å². The molecule has 0 aliphatic heterocycles. The molecular formula is C6H9N3O2. The minimum Gasteiger partial charge on any atom is -0.361 e. The third-order valence-corrected chi connectivity index (χ3v) is 1.39. The van der Waals surface area contributed by atoms with Crippen molar-refractivity contribution < 1.29 is 9.32 Å². The molecule has 0 atom stereocenters. The van der Waals surface area contributed by atoms with E-state index in [2.05, 4.69) is 5.16 Å². The van der Waals surface area contributed by atoms with Crippen LogP contribution in [0.2, 0.25) is 0 Å². The van der Waals surface area contributed by atoms with Gasteiger partial charge in [-0.05, 0) is 13.8 Å². The molecule has 5 heteroatoms. The lowest BCUT2D eigenvalue weighted by Gasteiger charge is -1.95. The minimum atomic E-state index is -0.374. The van der Waals surface area contributed by atoms with Gasteiger partial charge in [-0.25, -0.2) is 5.84 Å². The molecule has 1 aromatic heterocycles. The van der Waals surface area contributed by atoms with Gasteiger partial charge in [-0.15, -0.1) is 0 Å². The van der Waals surface area contributed by atoms with Crippen molar-refractivity contribution in [2.75, 3.05) is 0 Å². The molecular weight excluding hydrogens is 146 g/mol. The first kappa shape index (κ1) is 7.74. The lowest BCUT2D eigenvalue weighted by atomic mass is 10.2. The number of amides is 1. The van der Waals surface area contributed by atoms with Crippen LogP contribution in [0.1, 0.15) is 21.8 Å². The van der Waals surface area contributed by atoms with E-state index in [0.717, 1.165) is 0 Å². The maximum Gasteiger partial charge on any atom is 0.270 e. The molecule has 0 unspecified atom stereocenters. The molecule has 60 valence electrons. The average molecular weight is 155 g/mol. The highest BCUT2D eigenvalue weighted by Gasteiger charge is 2.15. The number of aromatic nitrogens is 1. The summed E-state index contributed by atoms with van der Waals surface area (Å²) in [7, 11) is 0. The van der Waals surface area contributed by atoms with E-state index in [9.17, 15) is 4.79 Å². The summed E-state index contributed by atoms with van der Waals surface area (Å²) in [5.41, 5.74) is 2.97. The van der Waals surface area contributed by atoms with Crippen molar-refractivity contribution in [3.05, 3.63) is 17.0 Å². The molecule has 5 nitrogen and oxygen atoms in total. The molecule has 1 rings (SSSR count). The standard InChI is InChI=1S/C6H9N3O2/c1-3-5(6(10)8-7)4(2)11-9-3/h7H2,1-2H3,(H,8,10). The summed E-state index contributed by atoms with van der Waals surface area (Å²) in [4.78, 5) is 11.0. The Morgan fingerprint density at radius 2 is 2.27 bits per heavy atom. The van der Waals surface area contributed by atoms with Crippen LogP contribution < -0.4 is 11.3 Å². The predicted octanol–water partition coefficient (Wildman–Crippen LogP) is -0.105. The van der Waals surface area contributed by atoms with Crippen molar-refractivity contribution in [3.63, 3.8) is 0 Å². The lowest BCUT2D eigenvalue weighted by Crippen LogP contribution is -2.30. The molecule has 0 spiro atoms. The summed E-state index contributed by atoms with van der Waals surface area (Å²) in [5.74, 6) is 5.04. The fourth-order valence-corrected chi connectivity index (χ4v) is 0.879. The van der Waals surface area contributed by atoms with Gasteiger partial charge in [0.25, 0.3) is 5.91 Å². The molecule has 1 heterocycles. The summed E-state index contributed by atoms with van der Waals surface area (Å²) in [6.45, 7) is 3.34. The van der Waals surface area contributed by atoms with Crippen LogP contribution in [0.5, 0.6) is 0 Å². The van der Waals surface area contributed by atoms with Crippen LogP contribution in [0.3, 0.4) is 0 Å². The van der Waals surface area contributed by atoms with Gasteiger partial charge in [0.1, 0.15) is 11.3 Å². The third-order valence-electron chi connectivity index (χ3n) is 1.39. The van der Waals surface area contributed by atoms with Gasteiger partial charge in [0, 0.05) is 0 Å². The van der Waals surface area contributed by atoms with Crippen LogP contribution in [0.4, 0.5) is 0 Å². The third kappa shape index (κ3) is 1.22. The van der Waals surface area contributed by atoms with Crippen LogP contribution >= 0.6 is 0 Å². The van der Waals surface area contributed by atoms with Gasteiger partial charge in [0.05, 0.1) is 5.69 Å². The van der Waals surface area contributed by atoms with E-state index < -0.39 is 0 Å². The number of hydrazine groups is 1.